The highest BCUT2D eigenvalue weighted by molar-refractivity contribution is 5.81. The lowest BCUT2D eigenvalue weighted by atomic mass is 9.92. The molecule has 0 spiro atoms. The zero-order valence-corrected chi connectivity index (χ0v) is 12.8. The number of rotatable bonds is 3. The molecule has 1 aromatic carbocycles. The minimum atomic E-state index is 0.0527. The lowest BCUT2D eigenvalue weighted by Gasteiger charge is -2.34. The van der Waals surface area contributed by atoms with E-state index in [1.165, 1.54) is 24.2 Å². The number of piperidine rings is 1. The van der Waals surface area contributed by atoms with E-state index in [0.29, 0.717) is 6.04 Å². The summed E-state index contributed by atoms with van der Waals surface area (Å²) >= 11 is 0. The van der Waals surface area contributed by atoms with E-state index in [4.69, 9.17) is 0 Å². The maximum Gasteiger partial charge on any atom is 0.225 e. The number of anilines is 1. The standard InChI is InChI=1S/C17H25N3O/c1-2-20-9-5-7-15(12-20)19-17(21)14-10-13-6-3-4-8-16(13)18-11-14/h3-4,6,8,14-15,18H,2,5,7,9-12H2,1H3,(H,19,21). The Hall–Kier alpha value is -1.55. The molecule has 2 atom stereocenters. The normalized spacial score (nSPS) is 25.8. The maximum absolute atomic E-state index is 12.5. The molecule has 1 aromatic rings. The van der Waals surface area contributed by atoms with Crippen molar-refractivity contribution in [3.05, 3.63) is 29.8 Å². The van der Waals surface area contributed by atoms with E-state index < -0.39 is 0 Å². The van der Waals surface area contributed by atoms with Crippen molar-refractivity contribution >= 4 is 11.6 Å². The van der Waals surface area contributed by atoms with Gasteiger partial charge in [-0.25, -0.2) is 0 Å². The second kappa shape index (κ2) is 6.48. The van der Waals surface area contributed by atoms with E-state index in [9.17, 15) is 4.79 Å². The highest BCUT2D eigenvalue weighted by Crippen LogP contribution is 2.24. The Morgan fingerprint density at radius 2 is 2.29 bits per heavy atom. The van der Waals surface area contributed by atoms with Crippen LogP contribution in [0.25, 0.3) is 0 Å². The van der Waals surface area contributed by atoms with Gasteiger partial charge in [-0.05, 0) is 44.0 Å². The van der Waals surface area contributed by atoms with Crippen LogP contribution in [-0.4, -0.2) is 43.0 Å². The number of para-hydroxylation sites is 1. The van der Waals surface area contributed by atoms with Crippen molar-refractivity contribution in [1.29, 1.82) is 0 Å². The fourth-order valence-corrected chi connectivity index (χ4v) is 3.41. The van der Waals surface area contributed by atoms with Crippen LogP contribution in [0.4, 0.5) is 5.69 Å². The van der Waals surface area contributed by atoms with Crippen LogP contribution in [0.1, 0.15) is 25.3 Å². The lowest BCUT2D eigenvalue weighted by molar-refractivity contribution is -0.125. The molecule has 1 fully saturated rings. The number of hydrogen-bond acceptors (Lipinski definition) is 3. The molecule has 1 amide bonds. The highest BCUT2D eigenvalue weighted by Gasteiger charge is 2.27. The van der Waals surface area contributed by atoms with Crippen LogP contribution >= 0.6 is 0 Å². The monoisotopic (exact) mass is 287 g/mol. The molecule has 0 saturated carbocycles. The first-order valence-corrected chi connectivity index (χ1v) is 8.10. The van der Waals surface area contributed by atoms with Crippen LogP contribution in [0.3, 0.4) is 0 Å². The molecule has 0 aliphatic carbocycles. The SMILES string of the molecule is CCN1CCCC(NC(=O)C2CNc3ccccc3C2)C1. The van der Waals surface area contributed by atoms with Crippen LogP contribution in [0.15, 0.2) is 24.3 Å². The summed E-state index contributed by atoms with van der Waals surface area (Å²) in [7, 11) is 0. The zero-order chi connectivity index (χ0) is 14.7. The highest BCUT2D eigenvalue weighted by atomic mass is 16.2. The Labute approximate surface area is 126 Å². The summed E-state index contributed by atoms with van der Waals surface area (Å²) in [5.74, 6) is 0.261. The number of nitrogens with zero attached hydrogens (tertiary/aromatic N) is 1. The van der Waals surface area contributed by atoms with Gasteiger partial charge in [0.15, 0.2) is 0 Å². The Morgan fingerprint density at radius 1 is 1.43 bits per heavy atom. The molecular formula is C17H25N3O. The largest absolute Gasteiger partial charge is 0.384 e. The summed E-state index contributed by atoms with van der Waals surface area (Å²) in [6.45, 7) is 6.17. The van der Waals surface area contributed by atoms with E-state index in [1.807, 2.05) is 12.1 Å². The first-order chi connectivity index (χ1) is 10.3. The summed E-state index contributed by atoms with van der Waals surface area (Å²) in [5.41, 5.74) is 2.43. The predicted molar refractivity (Wildman–Crippen MR) is 85.4 cm³/mol. The second-order valence-electron chi connectivity index (χ2n) is 6.18. The average Bonchev–Trinajstić information content (AvgIpc) is 2.54. The van der Waals surface area contributed by atoms with Crippen molar-refractivity contribution < 1.29 is 4.79 Å². The van der Waals surface area contributed by atoms with Crippen molar-refractivity contribution in [2.24, 2.45) is 5.92 Å². The molecule has 114 valence electrons. The number of carbonyl (C=O) groups is 1. The molecule has 0 aromatic heterocycles. The number of fused-ring (bicyclic) bond motifs is 1. The van der Waals surface area contributed by atoms with Crippen LogP contribution in [-0.2, 0) is 11.2 Å². The molecular weight excluding hydrogens is 262 g/mol. The van der Waals surface area contributed by atoms with Crippen molar-refractivity contribution in [2.45, 2.75) is 32.2 Å². The fourth-order valence-electron chi connectivity index (χ4n) is 3.41. The van der Waals surface area contributed by atoms with Crippen molar-refractivity contribution in [1.82, 2.24) is 10.2 Å². The number of likely N-dealkylation sites (N-methyl/N-ethyl adjacent to an activating group) is 1. The minimum absolute atomic E-state index is 0.0527. The Bertz CT molecular complexity index is 503. The van der Waals surface area contributed by atoms with Crippen molar-refractivity contribution in [2.75, 3.05) is 31.5 Å². The third-order valence-corrected chi connectivity index (χ3v) is 4.69. The third-order valence-electron chi connectivity index (χ3n) is 4.69. The number of carbonyl (C=O) groups excluding carboxylic acids is 1. The summed E-state index contributed by atoms with van der Waals surface area (Å²) in [5, 5.41) is 6.64. The third kappa shape index (κ3) is 3.38. The molecule has 2 aliphatic heterocycles. The summed E-state index contributed by atoms with van der Waals surface area (Å²) in [6.07, 6.45) is 3.14. The average molecular weight is 287 g/mol. The minimum Gasteiger partial charge on any atom is -0.384 e. The van der Waals surface area contributed by atoms with Gasteiger partial charge in [0.05, 0.1) is 5.92 Å². The van der Waals surface area contributed by atoms with Gasteiger partial charge in [-0.3, -0.25) is 4.79 Å². The zero-order valence-electron chi connectivity index (χ0n) is 12.8. The molecule has 0 radical (unpaired) electrons. The van der Waals surface area contributed by atoms with E-state index >= 15 is 0 Å². The fraction of sp³-hybridized carbons (Fsp3) is 0.588. The van der Waals surface area contributed by atoms with Crippen LogP contribution in [0.2, 0.25) is 0 Å². The van der Waals surface area contributed by atoms with E-state index in [1.54, 1.807) is 0 Å². The predicted octanol–water partition coefficient (Wildman–Crippen LogP) is 1.87. The van der Waals surface area contributed by atoms with Gasteiger partial charge in [-0.2, -0.15) is 0 Å². The first-order valence-electron chi connectivity index (χ1n) is 8.10. The lowest BCUT2D eigenvalue weighted by Crippen LogP contribution is -2.50. The molecule has 2 heterocycles. The Kier molecular flexibility index (Phi) is 4.44. The van der Waals surface area contributed by atoms with Gasteiger partial charge in [0.1, 0.15) is 0 Å². The summed E-state index contributed by atoms with van der Waals surface area (Å²) in [6, 6.07) is 8.60. The topological polar surface area (TPSA) is 44.4 Å². The summed E-state index contributed by atoms with van der Waals surface area (Å²) in [4.78, 5) is 14.9. The number of nitrogens with one attached hydrogen (secondary N) is 2. The second-order valence-corrected chi connectivity index (χ2v) is 6.18. The van der Waals surface area contributed by atoms with Gasteiger partial charge in [0.25, 0.3) is 0 Å². The first kappa shape index (κ1) is 14.4. The van der Waals surface area contributed by atoms with Crippen LogP contribution < -0.4 is 10.6 Å². The molecule has 1 saturated heterocycles. The van der Waals surface area contributed by atoms with Gasteiger partial charge in [0.2, 0.25) is 5.91 Å². The molecule has 3 rings (SSSR count). The Balaban J connectivity index is 1.57. The number of benzene rings is 1. The molecule has 2 N–H and O–H groups in total. The molecule has 0 bridgehead atoms. The Morgan fingerprint density at radius 3 is 3.14 bits per heavy atom. The van der Waals surface area contributed by atoms with Crippen molar-refractivity contribution in [3.8, 4) is 0 Å². The van der Waals surface area contributed by atoms with Gasteiger partial charge in [0, 0.05) is 24.8 Å². The van der Waals surface area contributed by atoms with Gasteiger partial charge >= 0.3 is 0 Å². The van der Waals surface area contributed by atoms with Gasteiger partial charge in [-0.15, -0.1) is 0 Å². The molecule has 21 heavy (non-hydrogen) atoms. The quantitative estimate of drug-likeness (QED) is 0.892. The maximum atomic E-state index is 12.5. The van der Waals surface area contributed by atoms with Gasteiger partial charge in [-0.1, -0.05) is 25.1 Å². The number of hydrogen-bond donors (Lipinski definition) is 2. The smallest absolute Gasteiger partial charge is 0.225 e. The van der Waals surface area contributed by atoms with E-state index in [0.717, 1.165) is 32.5 Å². The summed E-state index contributed by atoms with van der Waals surface area (Å²) < 4.78 is 0. The van der Waals surface area contributed by atoms with Crippen LogP contribution in [0.5, 0.6) is 0 Å². The number of likely N-dealkylation sites (tertiary alicyclic amines) is 1. The van der Waals surface area contributed by atoms with Crippen molar-refractivity contribution in [3.63, 3.8) is 0 Å². The van der Waals surface area contributed by atoms with E-state index in [2.05, 4.69) is 34.6 Å². The van der Waals surface area contributed by atoms with E-state index in [-0.39, 0.29) is 11.8 Å². The molecule has 4 heteroatoms. The number of amides is 1. The molecule has 2 unspecified atom stereocenters. The molecule has 2 aliphatic rings. The molecule has 4 nitrogen and oxygen atoms in total. The van der Waals surface area contributed by atoms with Gasteiger partial charge < -0.3 is 15.5 Å². The van der Waals surface area contributed by atoms with Crippen LogP contribution in [0, 0.1) is 5.92 Å².